The molecule has 0 radical (unpaired) electrons. The van der Waals surface area contributed by atoms with E-state index >= 15 is 0 Å². The first-order valence-electron chi connectivity index (χ1n) is 6.73. The molecule has 1 aliphatic rings. The second kappa shape index (κ2) is 7.62. The van der Waals surface area contributed by atoms with Crippen molar-refractivity contribution in [1.82, 2.24) is 5.43 Å². The van der Waals surface area contributed by atoms with Crippen molar-refractivity contribution < 1.29 is 0 Å². The lowest BCUT2D eigenvalue weighted by molar-refractivity contribution is 0.611. The van der Waals surface area contributed by atoms with Crippen LogP contribution in [0.2, 0.25) is 0 Å². The normalized spacial score (nSPS) is 17.9. The van der Waals surface area contributed by atoms with Gasteiger partial charge >= 0.3 is 0 Å². The van der Waals surface area contributed by atoms with Crippen LogP contribution in [0.25, 0.3) is 0 Å². The van der Waals surface area contributed by atoms with Crippen LogP contribution in [0.15, 0.2) is 46.9 Å². The fourth-order valence-electron chi connectivity index (χ4n) is 2.31. The molecule has 1 aromatic carbocycles. The smallest absolute Gasteiger partial charge is 0.0513 e. The largest absolute Gasteiger partial charge is 0.271 e. The Hall–Kier alpha value is -0.770. The van der Waals surface area contributed by atoms with Gasteiger partial charge in [0.15, 0.2) is 0 Å². The van der Waals surface area contributed by atoms with Crippen LogP contribution < -0.4 is 11.3 Å². The van der Waals surface area contributed by atoms with Gasteiger partial charge in [-0.2, -0.15) is 0 Å². The van der Waals surface area contributed by atoms with Gasteiger partial charge in [0.2, 0.25) is 0 Å². The number of nitrogens with one attached hydrogen (secondary N) is 1. The van der Waals surface area contributed by atoms with Crippen LogP contribution in [0.4, 0.5) is 0 Å². The molecule has 0 heterocycles. The van der Waals surface area contributed by atoms with Crippen LogP contribution in [0.3, 0.4) is 0 Å². The zero-order valence-corrected chi connectivity index (χ0v) is 11.6. The molecule has 18 heavy (non-hydrogen) atoms. The summed E-state index contributed by atoms with van der Waals surface area (Å²) in [4.78, 5) is 1.31. The van der Waals surface area contributed by atoms with Crippen LogP contribution >= 0.6 is 11.8 Å². The van der Waals surface area contributed by atoms with E-state index in [-0.39, 0.29) is 0 Å². The molecule has 0 aliphatic heterocycles. The first kappa shape index (κ1) is 13.7. The van der Waals surface area contributed by atoms with Gasteiger partial charge in [0.1, 0.15) is 0 Å². The van der Waals surface area contributed by atoms with E-state index in [1.54, 1.807) is 0 Å². The summed E-state index contributed by atoms with van der Waals surface area (Å²) in [7, 11) is 0. The van der Waals surface area contributed by atoms with Gasteiger partial charge in [0.05, 0.1) is 6.04 Å². The third kappa shape index (κ3) is 4.16. The highest BCUT2D eigenvalue weighted by Gasteiger charge is 2.14. The standard InChI is InChI=1S/C15H22N2S/c16-17-15(13-8-4-1-2-5-9-13)12-18-14-10-6-3-7-11-14/h3,6-8,10-11,15,17H,1-2,4-5,9,12,16H2. The molecule has 3 N–H and O–H groups in total. The third-order valence-corrected chi connectivity index (χ3v) is 4.49. The van der Waals surface area contributed by atoms with Crippen molar-refractivity contribution in [3.8, 4) is 0 Å². The summed E-state index contributed by atoms with van der Waals surface area (Å²) in [6.07, 6.45) is 8.78. The summed E-state index contributed by atoms with van der Waals surface area (Å²) in [5, 5.41) is 0. The molecule has 0 spiro atoms. The van der Waals surface area contributed by atoms with E-state index in [2.05, 4.69) is 41.8 Å². The fourth-order valence-corrected chi connectivity index (χ4v) is 3.33. The van der Waals surface area contributed by atoms with Crippen molar-refractivity contribution in [3.05, 3.63) is 42.0 Å². The Labute approximate surface area is 114 Å². The number of benzene rings is 1. The van der Waals surface area contributed by atoms with E-state index in [4.69, 9.17) is 5.84 Å². The Morgan fingerprint density at radius 1 is 1.17 bits per heavy atom. The molecular formula is C15H22N2S. The fraction of sp³-hybridized carbons (Fsp3) is 0.467. The SMILES string of the molecule is NNC(CSc1ccccc1)C1=CCCCCC1. The van der Waals surface area contributed by atoms with E-state index in [0.29, 0.717) is 6.04 Å². The van der Waals surface area contributed by atoms with Crippen molar-refractivity contribution in [2.45, 2.75) is 43.0 Å². The maximum atomic E-state index is 5.71. The number of rotatable bonds is 5. The quantitative estimate of drug-likeness (QED) is 0.369. The van der Waals surface area contributed by atoms with Gasteiger partial charge in [-0.25, -0.2) is 0 Å². The van der Waals surface area contributed by atoms with Gasteiger partial charge < -0.3 is 0 Å². The molecule has 0 fully saturated rings. The Morgan fingerprint density at radius 3 is 2.78 bits per heavy atom. The van der Waals surface area contributed by atoms with Gasteiger partial charge in [0.25, 0.3) is 0 Å². The molecule has 0 saturated carbocycles. The Morgan fingerprint density at radius 2 is 2.00 bits per heavy atom. The predicted octanol–water partition coefficient (Wildman–Crippen LogP) is 3.50. The van der Waals surface area contributed by atoms with Crippen LogP contribution in [0.5, 0.6) is 0 Å². The number of allylic oxidation sites excluding steroid dienone is 1. The first-order chi connectivity index (χ1) is 8.90. The average Bonchev–Trinajstić information content (AvgIpc) is 2.70. The van der Waals surface area contributed by atoms with Crippen molar-refractivity contribution in [2.75, 3.05) is 5.75 Å². The Balaban J connectivity index is 1.90. The molecule has 0 amide bonds. The molecule has 2 nitrogen and oxygen atoms in total. The molecule has 0 aromatic heterocycles. The van der Waals surface area contributed by atoms with Crippen molar-refractivity contribution in [1.29, 1.82) is 0 Å². The van der Waals surface area contributed by atoms with Crippen molar-refractivity contribution in [3.63, 3.8) is 0 Å². The molecule has 2 rings (SSSR count). The number of hydrazine groups is 1. The lowest BCUT2D eigenvalue weighted by Gasteiger charge is -2.18. The summed E-state index contributed by atoms with van der Waals surface area (Å²) < 4.78 is 0. The monoisotopic (exact) mass is 262 g/mol. The second-order valence-electron chi connectivity index (χ2n) is 4.72. The molecule has 98 valence electrons. The minimum Gasteiger partial charge on any atom is -0.271 e. The van der Waals surface area contributed by atoms with E-state index in [1.165, 1.54) is 42.6 Å². The molecular weight excluding hydrogens is 240 g/mol. The van der Waals surface area contributed by atoms with Crippen LogP contribution in [0.1, 0.15) is 32.1 Å². The lowest BCUT2D eigenvalue weighted by atomic mass is 10.0. The van der Waals surface area contributed by atoms with Crippen molar-refractivity contribution in [2.24, 2.45) is 5.84 Å². The Bertz CT molecular complexity index is 375. The highest BCUT2D eigenvalue weighted by atomic mass is 32.2. The number of hydrogen-bond donors (Lipinski definition) is 2. The maximum absolute atomic E-state index is 5.71. The first-order valence-corrected chi connectivity index (χ1v) is 7.71. The van der Waals surface area contributed by atoms with Gasteiger partial charge in [0, 0.05) is 10.6 Å². The summed E-state index contributed by atoms with van der Waals surface area (Å²) >= 11 is 1.87. The Kier molecular flexibility index (Phi) is 5.78. The van der Waals surface area contributed by atoms with Gasteiger partial charge in [-0.1, -0.05) is 36.3 Å². The summed E-state index contributed by atoms with van der Waals surface area (Å²) in [5.41, 5.74) is 4.48. The van der Waals surface area contributed by atoms with Gasteiger partial charge in [-0.15, -0.1) is 11.8 Å². The minimum absolute atomic E-state index is 0.313. The van der Waals surface area contributed by atoms with Gasteiger partial charge in [-0.05, 0) is 37.8 Å². The molecule has 1 aromatic rings. The zero-order chi connectivity index (χ0) is 12.6. The molecule has 1 aliphatic carbocycles. The average molecular weight is 262 g/mol. The number of hydrogen-bond acceptors (Lipinski definition) is 3. The summed E-state index contributed by atoms with van der Waals surface area (Å²) in [6, 6.07) is 10.8. The highest BCUT2D eigenvalue weighted by molar-refractivity contribution is 7.99. The van der Waals surface area contributed by atoms with Crippen molar-refractivity contribution >= 4 is 11.8 Å². The molecule has 1 unspecified atom stereocenters. The van der Waals surface area contributed by atoms with Crippen LogP contribution in [-0.4, -0.2) is 11.8 Å². The molecule has 0 saturated heterocycles. The predicted molar refractivity (Wildman–Crippen MR) is 79.4 cm³/mol. The molecule has 3 heteroatoms. The summed E-state index contributed by atoms with van der Waals surface area (Å²) in [5.74, 6) is 6.72. The number of thioether (sulfide) groups is 1. The van der Waals surface area contributed by atoms with Gasteiger partial charge in [-0.3, -0.25) is 11.3 Å². The second-order valence-corrected chi connectivity index (χ2v) is 5.82. The minimum atomic E-state index is 0.313. The molecule has 0 bridgehead atoms. The molecule has 1 atom stereocenters. The highest BCUT2D eigenvalue weighted by Crippen LogP contribution is 2.24. The maximum Gasteiger partial charge on any atom is 0.0513 e. The van der Waals surface area contributed by atoms with E-state index in [0.717, 1.165) is 5.75 Å². The number of nitrogens with two attached hydrogens (primary N) is 1. The van der Waals surface area contributed by atoms with E-state index in [9.17, 15) is 0 Å². The lowest BCUT2D eigenvalue weighted by Crippen LogP contribution is -2.38. The zero-order valence-electron chi connectivity index (χ0n) is 10.8. The van der Waals surface area contributed by atoms with Crippen LogP contribution in [-0.2, 0) is 0 Å². The summed E-state index contributed by atoms with van der Waals surface area (Å²) in [6.45, 7) is 0. The van der Waals surface area contributed by atoms with Crippen LogP contribution in [0, 0.1) is 0 Å². The third-order valence-electron chi connectivity index (χ3n) is 3.38. The van der Waals surface area contributed by atoms with E-state index in [1.807, 2.05) is 11.8 Å². The topological polar surface area (TPSA) is 38.0 Å². The van der Waals surface area contributed by atoms with E-state index < -0.39 is 0 Å².